The van der Waals surface area contributed by atoms with Crippen LogP contribution < -0.4 is 4.74 Å². The van der Waals surface area contributed by atoms with Crippen LogP contribution in [0.3, 0.4) is 0 Å². The molecule has 1 atom stereocenters. The van der Waals surface area contributed by atoms with Gasteiger partial charge < -0.3 is 19.6 Å². The highest BCUT2D eigenvalue weighted by Crippen LogP contribution is 2.40. The molecule has 1 aromatic rings. The topological polar surface area (TPSA) is 53.0 Å². The van der Waals surface area contributed by atoms with E-state index in [1.165, 1.54) is 6.07 Å². The summed E-state index contributed by atoms with van der Waals surface area (Å²) in [4.78, 5) is 17.2. The van der Waals surface area contributed by atoms with Crippen LogP contribution in [0.2, 0.25) is 0 Å². The fourth-order valence-corrected chi connectivity index (χ4v) is 4.13. The standard InChI is InChI=1S/C19H27FN2O3/c1-25-16-4-5-17(20)15(12-16)13-22-9-2-6-19(18(22)24)7-10-21(14-19)8-3-11-23/h4-5,12,23H,2-3,6-11,13-14H2,1H3/t19-/m0/s1. The average Bonchev–Trinajstić information content (AvgIpc) is 3.03. The summed E-state index contributed by atoms with van der Waals surface area (Å²) in [5, 5.41) is 9.01. The Hall–Kier alpha value is -1.66. The van der Waals surface area contributed by atoms with Crippen LogP contribution in [-0.2, 0) is 11.3 Å². The number of hydrogen-bond acceptors (Lipinski definition) is 4. The Bertz CT molecular complexity index is 625. The maximum atomic E-state index is 14.1. The lowest BCUT2D eigenvalue weighted by molar-refractivity contribution is -0.146. The van der Waals surface area contributed by atoms with E-state index in [0.29, 0.717) is 24.4 Å². The van der Waals surface area contributed by atoms with Gasteiger partial charge in [-0.3, -0.25) is 4.79 Å². The number of aliphatic hydroxyl groups excluding tert-OH is 1. The molecule has 0 saturated carbocycles. The molecule has 1 spiro atoms. The van der Waals surface area contributed by atoms with Crippen LogP contribution in [0.5, 0.6) is 5.75 Å². The number of hydrogen-bond donors (Lipinski definition) is 1. The molecule has 2 aliphatic heterocycles. The van der Waals surface area contributed by atoms with Gasteiger partial charge in [0.1, 0.15) is 11.6 Å². The quantitative estimate of drug-likeness (QED) is 0.853. The minimum absolute atomic E-state index is 0.146. The number of aliphatic hydroxyl groups is 1. The molecule has 1 amide bonds. The molecule has 0 radical (unpaired) electrons. The molecule has 1 aromatic carbocycles. The van der Waals surface area contributed by atoms with E-state index in [1.807, 2.05) is 0 Å². The van der Waals surface area contributed by atoms with Crippen molar-refractivity contribution in [1.29, 1.82) is 0 Å². The third-order valence-corrected chi connectivity index (χ3v) is 5.50. The fraction of sp³-hybridized carbons (Fsp3) is 0.632. The van der Waals surface area contributed by atoms with Crippen molar-refractivity contribution in [3.8, 4) is 5.75 Å². The minimum Gasteiger partial charge on any atom is -0.497 e. The van der Waals surface area contributed by atoms with Gasteiger partial charge in [-0.05, 0) is 50.4 Å². The molecule has 5 nitrogen and oxygen atoms in total. The Morgan fingerprint density at radius 2 is 2.16 bits per heavy atom. The van der Waals surface area contributed by atoms with Crippen LogP contribution in [0.1, 0.15) is 31.2 Å². The van der Waals surface area contributed by atoms with Gasteiger partial charge in [0.25, 0.3) is 0 Å². The van der Waals surface area contributed by atoms with Crippen LogP contribution in [-0.4, -0.2) is 60.7 Å². The lowest BCUT2D eigenvalue weighted by atomic mass is 9.78. The second-order valence-electron chi connectivity index (χ2n) is 7.17. The van der Waals surface area contributed by atoms with Gasteiger partial charge in [0, 0.05) is 38.3 Å². The molecule has 138 valence electrons. The van der Waals surface area contributed by atoms with Crippen LogP contribution in [0.15, 0.2) is 18.2 Å². The first-order valence-electron chi connectivity index (χ1n) is 9.03. The van der Waals surface area contributed by atoms with Gasteiger partial charge in [0.15, 0.2) is 0 Å². The highest BCUT2D eigenvalue weighted by atomic mass is 19.1. The highest BCUT2D eigenvalue weighted by Gasteiger charge is 2.48. The minimum atomic E-state index is -0.330. The molecular weight excluding hydrogens is 323 g/mol. The molecule has 25 heavy (non-hydrogen) atoms. The van der Waals surface area contributed by atoms with Crippen molar-refractivity contribution in [3.63, 3.8) is 0 Å². The molecule has 1 N–H and O–H groups in total. The van der Waals surface area contributed by atoms with E-state index in [0.717, 1.165) is 45.3 Å². The summed E-state index contributed by atoms with van der Waals surface area (Å²) >= 11 is 0. The van der Waals surface area contributed by atoms with E-state index in [1.54, 1.807) is 24.1 Å². The third kappa shape index (κ3) is 3.80. The Morgan fingerprint density at radius 3 is 2.92 bits per heavy atom. The molecule has 0 aliphatic carbocycles. The molecular formula is C19H27FN2O3. The molecule has 0 bridgehead atoms. The zero-order valence-corrected chi connectivity index (χ0v) is 14.8. The van der Waals surface area contributed by atoms with Crippen LogP contribution >= 0.6 is 0 Å². The first-order chi connectivity index (χ1) is 12.1. The summed E-state index contributed by atoms with van der Waals surface area (Å²) in [6.07, 6.45) is 3.45. The van der Waals surface area contributed by atoms with Crippen molar-refractivity contribution >= 4 is 5.91 Å². The van der Waals surface area contributed by atoms with Crippen molar-refractivity contribution in [3.05, 3.63) is 29.6 Å². The van der Waals surface area contributed by atoms with Gasteiger partial charge in [-0.2, -0.15) is 0 Å². The Kier molecular flexibility index (Phi) is 5.59. The molecule has 3 rings (SSSR count). The zero-order chi connectivity index (χ0) is 17.9. The van der Waals surface area contributed by atoms with Crippen LogP contribution in [0.25, 0.3) is 0 Å². The van der Waals surface area contributed by atoms with Gasteiger partial charge >= 0.3 is 0 Å². The number of likely N-dealkylation sites (tertiary alicyclic amines) is 2. The Labute approximate surface area is 148 Å². The summed E-state index contributed by atoms with van der Waals surface area (Å²) in [5.41, 5.74) is 0.170. The van der Waals surface area contributed by atoms with Gasteiger partial charge in [0.05, 0.1) is 12.5 Å². The summed E-state index contributed by atoms with van der Waals surface area (Å²) in [5.74, 6) is 0.448. The number of rotatable bonds is 6. The van der Waals surface area contributed by atoms with E-state index in [9.17, 15) is 9.18 Å². The fourth-order valence-electron chi connectivity index (χ4n) is 4.13. The third-order valence-electron chi connectivity index (χ3n) is 5.50. The van der Waals surface area contributed by atoms with Crippen molar-refractivity contribution in [2.75, 3.05) is 39.9 Å². The zero-order valence-electron chi connectivity index (χ0n) is 14.8. The number of carbonyl (C=O) groups is 1. The number of methoxy groups -OCH3 is 1. The number of benzene rings is 1. The number of halogens is 1. The van der Waals surface area contributed by atoms with Crippen LogP contribution in [0, 0.1) is 11.2 Å². The smallest absolute Gasteiger partial charge is 0.230 e. The second kappa shape index (κ2) is 7.70. The van der Waals surface area contributed by atoms with E-state index in [2.05, 4.69) is 4.90 Å². The molecule has 6 heteroatoms. The monoisotopic (exact) mass is 350 g/mol. The molecule has 0 aromatic heterocycles. The number of nitrogens with zero attached hydrogens (tertiary/aromatic N) is 2. The van der Waals surface area contributed by atoms with E-state index in [-0.39, 0.29) is 23.7 Å². The number of piperidine rings is 1. The first kappa shape index (κ1) is 18.1. The molecule has 0 unspecified atom stereocenters. The molecule has 2 fully saturated rings. The van der Waals surface area contributed by atoms with Gasteiger partial charge in [-0.1, -0.05) is 0 Å². The van der Waals surface area contributed by atoms with Crippen molar-refractivity contribution in [1.82, 2.24) is 9.80 Å². The normalized spacial score (nSPS) is 24.3. The van der Waals surface area contributed by atoms with E-state index in [4.69, 9.17) is 9.84 Å². The average molecular weight is 350 g/mol. The van der Waals surface area contributed by atoms with Gasteiger partial charge in [0.2, 0.25) is 5.91 Å². The summed E-state index contributed by atoms with van der Waals surface area (Å²) in [6.45, 7) is 3.62. The Morgan fingerprint density at radius 1 is 1.32 bits per heavy atom. The van der Waals surface area contributed by atoms with Crippen molar-refractivity contribution in [2.24, 2.45) is 5.41 Å². The Balaban J connectivity index is 1.71. The maximum absolute atomic E-state index is 14.1. The van der Waals surface area contributed by atoms with Crippen molar-refractivity contribution < 1.29 is 19.0 Å². The predicted octanol–water partition coefficient (Wildman–Crippen LogP) is 2.03. The molecule has 2 saturated heterocycles. The number of amides is 1. The largest absolute Gasteiger partial charge is 0.497 e. The van der Waals surface area contributed by atoms with Gasteiger partial charge in [-0.15, -0.1) is 0 Å². The lowest BCUT2D eigenvalue weighted by Crippen LogP contribution is -2.49. The van der Waals surface area contributed by atoms with Crippen molar-refractivity contribution in [2.45, 2.75) is 32.2 Å². The number of carbonyl (C=O) groups excluding carboxylic acids is 1. The second-order valence-corrected chi connectivity index (χ2v) is 7.17. The van der Waals surface area contributed by atoms with Gasteiger partial charge in [-0.25, -0.2) is 4.39 Å². The summed E-state index contributed by atoms with van der Waals surface area (Å²) in [7, 11) is 1.55. The molecule has 2 aliphatic rings. The number of ether oxygens (including phenoxy) is 1. The SMILES string of the molecule is COc1ccc(F)c(CN2CCC[C@@]3(CCN(CCCO)C3)C2=O)c1. The lowest BCUT2D eigenvalue weighted by Gasteiger charge is -2.39. The summed E-state index contributed by atoms with van der Waals surface area (Å²) in [6, 6.07) is 4.66. The highest BCUT2D eigenvalue weighted by molar-refractivity contribution is 5.84. The molecule has 2 heterocycles. The summed E-state index contributed by atoms with van der Waals surface area (Å²) < 4.78 is 19.3. The first-order valence-corrected chi connectivity index (χ1v) is 9.03. The van der Waals surface area contributed by atoms with Crippen LogP contribution in [0.4, 0.5) is 4.39 Å². The van der Waals surface area contributed by atoms with E-state index >= 15 is 0 Å². The predicted molar refractivity (Wildman–Crippen MR) is 92.8 cm³/mol. The maximum Gasteiger partial charge on any atom is 0.230 e. The van der Waals surface area contributed by atoms with E-state index < -0.39 is 0 Å².